The molecule has 0 atom stereocenters. The zero-order chi connectivity index (χ0) is 15.2. The number of carbonyl (C=O) groups excluding carboxylic acids is 1. The van der Waals surface area contributed by atoms with Crippen LogP contribution >= 0.6 is 11.6 Å². The third kappa shape index (κ3) is 4.80. The second kappa shape index (κ2) is 7.14. The summed E-state index contributed by atoms with van der Waals surface area (Å²) in [4.78, 5) is 11.8. The van der Waals surface area contributed by atoms with Crippen LogP contribution < -0.4 is 10.1 Å². The number of halogens is 1. The molecule has 0 aliphatic rings. The van der Waals surface area contributed by atoms with E-state index in [0.29, 0.717) is 23.8 Å². The Morgan fingerprint density at radius 2 is 1.81 bits per heavy atom. The molecule has 2 aromatic rings. The Labute approximate surface area is 129 Å². The van der Waals surface area contributed by atoms with Crippen LogP contribution in [0.15, 0.2) is 42.5 Å². The van der Waals surface area contributed by atoms with Crippen molar-refractivity contribution >= 4 is 23.2 Å². The number of aryl methyl sites for hydroxylation is 2. The topological polar surface area (TPSA) is 38.3 Å². The van der Waals surface area contributed by atoms with Gasteiger partial charge in [-0.05, 0) is 61.4 Å². The summed E-state index contributed by atoms with van der Waals surface area (Å²) in [5.41, 5.74) is 3.18. The molecule has 0 aliphatic heterocycles. The second-order valence-corrected chi connectivity index (χ2v) is 5.34. The summed E-state index contributed by atoms with van der Waals surface area (Å²) >= 11 is 5.79. The van der Waals surface area contributed by atoms with Gasteiger partial charge in [0.2, 0.25) is 5.91 Å². The van der Waals surface area contributed by atoms with Crippen LogP contribution in [-0.4, -0.2) is 12.5 Å². The number of ether oxygens (including phenoxy) is 1. The molecule has 2 rings (SSSR count). The van der Waals surface area contributed by atoms with Gasteiger partial charge < -0.3 is 10.1 Å². The standard InChI is InChI=1S/C17H18ClNO2/c1-12-3-6-15(11-13(12)2)19-17(20)9-10-21-16-7-4-14(18)5-8-16/h3-8,11H,9-10H2,1-2H3,(H,19,20). The van der Waals surface area contributed by atoms with Gasteiger partial charge in [0, 0.05) is 10.7 Å². The molecule has 0 radical (unpaired) electrons. The van der Waals surface area contributed by atoms with Crippen LogP contribution in [0.2, 0.25) is 5.02 Å². The summed E-state index contributed by atoms with van der Waals surface area (Å²) < 4.78 is 5.49. The first-order valence-electron chi connectivity index (χ1n) is 6.80. The minimum atomic E-state index is -0.0628. The van der Waals surface area contributed by atoms with E-state index >= 15 is 0 Å². The molecule has 0 spiro atoms. The molecule has 0 aliphatic carbocycles. The van der Waals surface area contributed by atoms with Crippen molar-refractivity contribution in [2.24, 2.45) is 0 Å². The van der Waals surface area contributed by atoms with E-state index in [1.165, 1.54) is 5.56 Å². The van der Waals surface area contributed by atoms with Gasteiger partial charge in [0.1, 0.15) is 5.75 Å². The van der Waals surface area contributed by atoms with Gasteiger partial charge >= 0.3 is 0 Å². The third-order valence-electron chi connectivity index (χ3n) is 3.20. The van der Waals surface area contributed by atoms with Crippen molar-refractivity contribution in [2.45, 2.75) is 20.3 Å². The zero-order valence-electron chi connectivity index (χ0n) is 12.2. The van der Waals surface area contributed by atoms with Crippen molar-refractivity contribution in [3.8, 4) is 5.75 Å². The molecule has 1 N–H and O–H groups in total. The van der Waals surface area contributed by atoms with Crippen LogP contribution in [0, 0.1) is 13.8 Å². The van der Waals surface area contributed by atoms with Gasteiger partial charge in [0.25, 0.3) is 0 Å². The summed E-state index contributed by atoms with van der Waals surface area (Å²) in [7, 11) is 0. The van der Waals surface area contributed by atoms with Crippen molar-refractivity contribution in [1.29, 1.82) is 0 Å². The average molecular weight is 304 g/mol. The molecule has 0 fully saturated rings. The van der Waals surface area contributed by atoms with Gasteiger partial charge in [0.15, 0.2) is 0 Å². The largest absolute Gasteiger partial charge is 0.493 e. The maximum absolute atomic E-state index is 11.8. The van der Waals surface area contributed by atoms with E-state index in [4.69, 9.17) is 16.3 Å². The van der Waals surface area contributed by atoms with Crippen LogP contribution in [0.4, 0.5) is 5.69 Å². The fourth-order valence-electron chi connectivity index (χ4n) is 1.84. The lowest BCUT2D eigenvalue weighted by atomic mass is 10.1. The van der Waals surface area contributed by atoms with E-state index in [1.807, 2.05) is 32.0 Å². The number of carbonyl (C=O) groups is 1. The minimum Gasteiger partial charge on any atom is -0.493 e. The summed E-state index contributed by atoms with van der Waals surface area (Å²) in [5, 5.41) is 3.53. The lowest BCUT2D eigenvalue weighted by Crippen LogP contribution is -2.15. The Morgan fingerprint density at radius 3 is 2.48 bits per heavy atom. The molecular formula is C17H18ClNO2. The van der Waals surface area contributed by atoms with E-state index < -0.39 is 0 Å². The van der Waals surface area contributed by atoms with Crippen LogP contribution in [0.5, 0.6) is 5.75 Å². The fraction of sp³-hybridized carbons (Fsp3) is 0.235. The summed E-state index contributed by atoms with van der Waals surface area (Å²) in [6.45, 7) is 4.40. The Kier molecular flexibility index (Phi) is 5.23. The van der Waals surface area contributed by atoms with Crippen molar-refractivity contribution < 1.29 is 9.53 Å². The lowest BCUT2D eigenvalue weighted by Gasteiger charge is -2.09. The molecule has 110 valence electrons. The summed E-state index contributed by atoms with van der Waals surface area (Å²) in [5.74, 6) is 0.644. The highest BCUT2D eigenvalue weighted by Crippen LogP contribution is 2.16. The number of nitrogens with one attached hydrogen (secondary N) is 1. The van der Waals surface area contributed by atoms with Crippen LogP contribution in [-0.2, 0) is 4.79 Å². The van der Waals surface area contributed by atoms with Gasteiger partial charge in [-0.2, -0.15) is 0 Å². The number of benzene rings is 2. The first-order chi connectivity index (χ1) is 10.0. The first-order valence-corrected chi connectivity index (χ1v) is 7.18. The molecule has 0 aromatic heterocycles. The molecule has 0 heterocycles. The maximum Gasteiger partial charge on any atom is 0.227 e. The lowest BCUT2D eigenvalue weighted by molar-refractivity contribution is -0.116. The van der Waals surface area contributed by atoms with E-state index in [0.717, 1.165) is 11.3 Å². The number of hydrogen-bond acceptors (Lipinski definition) is 2. The van der Waals surface area contributed by atoms with Crippen molar-refractivity contribution in [2.75, 3.05) is 11.9 Å². The highest BCUT2D eigenvalue weighted by atomic mass is 35.5. The molecule has 3 nitrogen and oxygen atoms in total. The van der Waals surface area contributed by atoms with E-state index in [9.17, 15) is 4.79 Å². The third-order valence-corrected chi connectivity index (χ3v) is 3.45. The maximum atomic E-state index is 11.8. The Balaban J connectivity index is 1.79. The van der Waals surface area contributed by atoms with Gasteiger partial charge in [-0.25, -0.2) is 0 Å². The molecule has 1 amide bonds. The highest BCUT2D eigenvalue weighted by Gasteiger charge is 2.04. The highest BCUT2D eigenvalue weighted by molar-refractivity contribution is 6.30. The van der Waals surface area contributed by atoms with E-state index in [-0.39, 0.29) is 5.91 Å². The summed E-state index contributed by atoms with van der Waals surface area (Å²) in [6, 6.07) is 12.9. The summed E-state index contributed by atoms with van der Waals surface area (Å²) in [6.07, 6.45) is 0.301. The van der Waals surface area contributed by atoms with Gasteiger partial charge in [-0.1, -0.05) is 17.7 Å². The smallest absolute Gasteiger partial charge is 0.227 e. The monoisotopic (exact) mass is 303 g/mol. The molecular weight excluding hydrogens is 286 g/mol. The normalized spacial score (nSPS) is 10.2. The second-order valence-electron chi connectivity index (χ2n) is 4.90. The average Bonchev–Trinajstić information content (AvgIpc) is 2.45. The Morgan fingerprint density at radius 1 is 1.10 bits per heavy atom. The Bertz CT molecular complexity index is 623. The van der Waals surface area contributed by atoms with Gasteiger partial charge in [-0.3, -0.25) is 4.79 Å². The molecule has 0 saturated carbocycles. The van der Waals surface area contributed by atoms with Crippen molar-refractivity contribution in [3.05, 3.63) is 58.6 Å². The Hall–Kier alpha value is -2.00. The van der Waals surface area contributed by atoms with Crippen molar-refractivity contribution in [3.63, 3.8) is 0 Å². The van der Waals surface area contributed by atoms with E-state index in [2.05, 4.69) is 5.32 Å². The molecule has 0 unspecified atom stereocenters. The SMILES string of the molecule is Cc1ccc(NC(=O)CCOc2ccc(Cl)cc2)cc1C. The molecule has 2 aromatic carbocycles. The van der Waals surface area contributed by atoms with E-state index in [1.54, 1.807) is 24.3 Å². The number of amides is 1. The minimum absolute atomic E-state index is 0.0628. The number of hydrogen-bond donors (Lipinski definition) is 1. The van der Waals surface area contributed by atoms with Crippen LogP contribution in [0.1, 0.15) is 17.5 Å². The molecule has 0 bridgehead atoms. The fourth-order valence-corrected chi connectivity index (χ4v) is 1.96. The zero-order valence-corrected chi connectivity index (χ0v) is 12.9. The number of rotatable bonds is 5. The van der Waals surface area contributed by atoms with Gasteiger partial charge in [-0.15, -0.1) is 0 Å². The molecule has 4 heteroatoms. The predicted molar refractivity (Wildman–Crippen MR) is 86.1 cm³/mol. The van der Waals surface area contributed by atoms with Gasteiger partial charge in [0.05, 0.1) is 13.0 Å². The van der Waals surface area contributed by atoms with Crippen LogP contribution in [0.25, 0.3) is 0 Å². The molecule has 21 heavy (non-hydrogen) atoms. The quantitative estimate of drug-likeness (QED) is 0.891. The van der Waals surface area contributed by atoms with Crippen LogP contribution in [0.3, 0.4) is 0 Å². The first kappa shape index (κ1) is 15.4. The van der Waals surface area contributed by atoms with Crippen molar-refractivity contribution in [1.82, 2.24) is 0 Å². The predicted octanol–water partition coefficient (Wildman–Crippen LogP) is 4.36. The molecule has 0 saturated heterocycles. The number of anilines is 1.